The molecule has 0 fully saturated rings. The van der Waals surface area contributed by atoms with Crippen LogP contribution >= 0.6 is 0 Å². The SMILES string of the molecule is CC(C)(O)c1cn(-c2cc(C(F)(F)F)cc(Nc3cc(C(F)(F)F)ccn3)n2)cn1. The van der Waals surface area contributed by atoms with Crippen molar-refractivity contribution in [1.82, 2.24) is 19.5 Å². The van der Waals surface area contributed by atoms with Crippen LogP contribution in [0.4, 0.5) is 38.0 Å². The summed E-state index contributed by atoms with van der Waals surface area (Å²) in [7, 11) is 0. The van der Waals surface area contributed by atoms with E-state index < -0.39 is 29.1 Å². The van der Waals surface area contributed by atoms with Crippen molar-refractivity contribution in [3.8, 4) is 5.82 Å². The highest BCUT2D eigenvalue weighted by Gasteiger charge is 2.33. The lowest BCUT2D eigenvalue weighted by molar-refractivity contribution is -0.138. The van der Waals surface area contributed by atoms with Crippen LogP contribution in [0.5, 0.6) is 0 Å². The molecule has 0 bridgehead atoms. The molecule has 6 nitrogen and oxygen atoms in total. The van der Waals surface area contributed by atoms with Crippen molar-refractivity contribution in [3.05, 3.63) is 59.8 Å². The van der Waals surface area contributed by atoms with Gasteiger partial charge in [0, 0.05) is 12.4 Å². The fraction of sp³-hybridized carbons (Fsp3) is 0.278. The number of aliphatic hydroxyl groups is 1. The second kappa shape index (κ2) is 7.27. The zero-order valence-electron chi connectivity index (χ0n) is 15.5. The Morgan fingerprint density at radius 3 is 2.10 bits per heavy atom. The zero-order valence-corrected chi connectivity index (χ0v) is 15.5. The molecule has 0 amide bonds. The van der Waals surface area contributed by atoms with Crippen molar-refractivity contribution in [3.63, 3.8) is 0 Å². The summed E-state index contributed by atoms with van der Waals surface area (Å²) in [6, 6.07) is 2.80. The van der Waals surface area contributed by atoms with E-state index in [2.05, 4.69) is 20.3 Å². The number of hydrogen-bond acceptors (Lipinski definition) is 5. The molecular formula is C18H15F6N5O. The number of nitrogens with zero attached hydrogens (tertiary/aromatic N) is 4. The summed E-state index contributed by atoms with van der Waals surface area (Å²) >= 11 is 0. The molecule has 0 aliphatic rings. The van der Waals surface area contributed by atoms with Crippen LogP contribution in [0.15, 0.2) is 43.0 Å². The minimum absolute atomic E-state index is 0.191. The average molecular weight is 431 g/mol. The lowest BCUT2D eigenvalue weighted by Gasteiger charge is -2.14. The predicted octanol–water partition coefficient (Wildman–Crippen LogP) is 4.67. The molecule has 3 aromatic heterocycles. The Balaban J connectivity index is 2.03. The Morgan fingerprint density at radius 2 is 1.53 bits per heavy atom. The number of halogens is 6. The van der Waals surface area contributed by atoms with E-state index in [1.165, 1.54) is 26.4 Å². The molecule has 160 valence electrons. The average Bonchev–Trinajstić information content (AvgIpc) is 3.11. The van der Waals surface area contributed by atoms with Crippen molar-refractivity contribution in [1.29, 1.82) is 0 Å². The molecule has 0 spiro atoms. The van der Waals surface area contributed by atoms with Crippen LogP contribution in [0.1, 0.15) is 30.7 Å². The van der Waals surface area contributed by atoms with E-state index >= 15 is 0 Å². The maximum absolute atomic E-state index is 13.3. The molecule has 2 N–H and O–H groups in total. The van der Waals surface area contributed by atoms with Gasteiger partial charge >= 0.3 is 12.4 Å². The Hall–Kier alpha value is -3.15. The second-order valence-corrected chi connectivity index (χ2v) is 6.87. The van der Waals surface area contributed by atoms with Gasteiger partial charge in [-0.15, -0.1) is 0 Å². The molecule has 3 aromatic rings. The maximum Gasteiger partial charge on any atom is 0.416 e. The summed E-state index contributed by atoms with van der Waals surface area (Å²) in [5.41, 5.74) is -3.25. The highest BCUT2D eigenvalue weighted by Crippen LogP contribution is 2.34. The molecule has 30 heavy (non-hydrogen) atoms. The van der Waals surface area contributed by atoms with Gasteiger partial charge in [-0.3, -0.25) is 4.57 Å². The highest BCUT2D eigenvalue weighted by molar-refractivity contribution is 5.55. The number of hydrogen-bond donors (Lipinski definition) is 2. The minimum Gasteiger partial charge on any atom is -0.384 e. The lowest BCUT2D eigenvalue weighted by Crippen LogP contribution is -2.15. The topological polar surface area (TPSA) is 75.9 Å². The van der Waals surface area contributed by atoms with Gasteiger partial charge in [0.2, 0.25) is 0 Å². The monoisotopic (exact) mass is 431 g/mol. The van der Waals surface area contributed by atoms with Crippen LogP contribution in [0.25, 0.3) is 5.82 Å². The Morgan fingerprint density at radius 1 is 0.900 bits per heavy atom. The zero-order chi connectivity index (χ0) is 22.3. The van der Waals surface area contributed by atoms with Crippen molar-refractivity contribution in [2.24, 2.45) is 0 Å². The Bertz CT molecular complexity index is 1050. The van der Waals surface area contributed by atoms with Crippen LogP contribution in [0.2, 0.25) is 0 Å². The van der Waals surface area contributed by atoms with Gasteiger partial charge in [0.05, 0.1) is 16.8 Å². The van der Waals surface area contributed by atoms with Crippen LogP contribution in [-0.2, 0) is 18.0 Å². The van der Waals surface area contributed by atoms with Crippen molar-refractivity contribution >= 4 is 11.6 Å². The normalized spacial score (nSPS) is 12.8. The molecule has 0 saturated carbocycles. The third-order valence-corrected chi connectivity index (χ3v) is 3.96. The van der Waals surface area contributed by atoms with Crippen LogP contribution < -0.4 is 5.32 Å². The fourth-order valence-electron chi connectivity index (χ4n) is 2.45. The fourth-order valence-corrected chi connectivity index (χ4v) is 2.45. The number of pyridine rings is 2. The van der Waals surface area contributed by atoms with Gasteiger partial charge in [0.15, 0.2) is 0 Å². The third-order valence-electron chi connectivity index (χ3n) is 3.96. The summed E-state index contributed by atoms with van der Waals surface area (Å²) in [6.07, 6.45) is -6.03. The number of nitrogens with one attached hydrogen (secondary N) is 1. The van der Waals surface area contributed by atoms with Gasteiger partial charge in [-0.25, -0.2) is 15.0 Å². The molecule has 0 aliphatic carbocycles. The number of anilines is 2. The van der Waals surface area contributed by atoms with Crippen LogP contribution in [0, 0.1) is 0 Å². The highest BCUT2D eigenvalue weighted by atomic mass is 19.4. The molecule has 0 saturated heterocycles. The first-order valence-electron chi connectivity index (χ1n) is 8.40. The van der Waals surface area contributed by atoms with E-state index in [1.54, 1.807) is 0 Å². The van der Waals surface area contributed by atoms with Crippen molar-refractivity contribution in [2.45, 2.75) is 31.8 Å². The Kier molecular flexibility index (Phi) is 5.23. The van der Waals surface area contributed by atoms with Gasteiger partial charge in [-0.05, 0) is 38.1 Å². The van der Waals surface area contributed by atoms with E-state index in [0.29, 0.717) is 12.1 Å². The van der Waals surface area contributed by atoms with Crippen molar-refractivity contribution < 1.29 is 31.4 Å². The van der Waals surface area contributed by atoms with Crippen LogP contribution in [0.3, 0.4) is 0 Å². The van der Waals surface area contributed by atoms with E-state index in [4.69, 9.17) is 0 Å². The molecule has 12 heteroatoms. The second-order valence-electron chi connectivity index (χ2n) is 6.87. The van der Waals surface area contributed by atoms with Gasteiger partial charge in [-0.1, -0.05) is 0 Å². The number of imidazole rings is 1. The van der Waals surface area contributed by atoms with Gasteiger partial charge in [-0.2, -0.15) is 26.3 Å². The van der Waals surface area contributed by atoms with Crippen molar-refractivity contribution in [2.75, 3.05) is 5.32 Å². The third kappa shape index (κ3) is 4.87. The summed E-state index contributed by atoms with van der Waals surface area (Å²) in [5, 5.41) is 12.4. The first-order chi connectivity index (χ1) is 13.7. The molecule has 0 radical (unpaired) electrons. The molecule has 3 rings (SSSR count). The smallest absolute Gasteiger partial charge is 0.384 e. The molecule has 0 unspecified atom stereocenters. The van der Waals surface area contributed by atoms with E-state index in [0.717, 1.165) is 22.9 Å². The first kappa shape index (κ1) is 21.6. The van der Waals surface area contributed by atoms with Gasteiger partial charge < -0.3 is 10.4 Å². The molecule has 0 aliphatic heterocycles. The minimum atomic E-state index is -4.74. The molecular weight excluding hydrogens is 416 g/mol. The summed E-state index contributed by atoms with van der Waals surface area (Å²) in [6.45, 7) is 2.90. The number of rotatable bonds is 4. The van der Waals surface area contributed by atoms with E-state index in [1.807, 2.05) is 0 Å². The number of aromatic nitrogens is 4. The van der Waals surface area contributed by atoms with E-state index in [-0.39, 0.29) is 23.1 Å². The summed E-state index contributed by atoms with van der Waals surface area (Å²) in [5.74, 6) is -0.905. The predicted molar refractivity (Wildman–Crippen MR) is 94.1 cm³/mol. The van der Waals surface area contributed by atoms with Gasteiger partial charge in [0.25, 0.3) is 0 Å². The molecule has 0 aromatic carbocycles. The number of alkyl halides is 6. The lowest BCUT2D eigenvalue weighted by atomic mass is 10.1. The summed E-state index contributed by atoms with van der Waals surface area (Å²) < 4.78 is 79.7. The molecule has 3 heterocycles. The van der Waals surface area contributed by atoms with Gasteiger partial charge in [0.1, 0.15) is 29.4 Å². The largest absolute Gasteiger partial charge is 0.416 e. The van der Waals surface area contributed by atoms with Crippen LogP contribution in [-0.4, -0.2) is 24.6 Å². The molecule has 0 atom stereocenters. The quantitative estimate of drug-likeness (QED) is 0.588. The first-order valence-corrected chi connectivity index (χ1v) is 8.40. The maximum atomic E-state index is 13.3. The van der Waals surface area contributed by atoms with E-state index in [9.17, 15) is 31.4 Å². The standard InChI is InChI=1S/C18H15F6N5O/c1-16(2,30)12-8-29(9-26-12)15-7-11(18(22,23)24)6-14(28-15)27-13-5-10(3-4-25-13)17(19,20)21/h3-9,30H,1-2H3,(H,25,27,28). The summed E-state index contributed by atoms with van der Waals surface area (Å²) in [4.78, 5) is 11.6. The Labute approximate surface area is 166 Å².